The number of hydrogen-bond donors (Lipinski definition) is 1. The quantitative estimate of drug-likeness (QED) is 0.784. The number of rotatable bonds is 5. The van der Waals surface area contributed by atoms with E-state index in [0.717, 1.165) is 32.1 Å². The number of quaternary nitrogens is 1. The van der Waals surface area contributed by atoms with Crippen LogP contribution in [0.15, 0.2) is 0 Å². The maximum Gasteiger partial charge on any atom is 0.365 e. The molecule has 0 amide bonds. The van der Waals surface area contributed by atoms with E-state index in [9.17, 15) is 4.79 Å². The summed E-state index contributed by atoms with van der Waals surface area (Å²) in [6.07, 6.45) is 7.04. The van der Waals surface area contributed by atoms with Crippen LogP contribution < -0.4 is 5.73 Å². The Labute approximate surface area is 140 Å². The molecule has 0 aromatic rings. The lowest BCUT2D eigenvalue weighted by molar-refractivity contribution is -0.410. The Morgan fingerprint density at radius 1 is 1.17 bits per heavy atom. The van der Waals surface area contributed by atoms with Gasteiger partial charge in [-0.15, -0.1) is 0 Å². The van der Waals surface area contributed by atoms with Crippen LogP contribution >= 0.6 is 0 Å². The van der Waals surface area contributed by atoms with E-state index < -0.39 is 0 Å². The van der Waals surface area contributed by atoms with Gasteiger partial charge in [-0.25, -0.2) is 4.79 Å². The minimum Gasteiger partial charge on any atom is -0.455 e. The molecule has 1 saturated carbocycles. The molecule has 5 heteroatoms. The van der Waals surface area contributed by atoms with Crippen molar-refractivity contribution in [3.63, 3.8) is 0 Å². The van der Waals surface area contributed by atoms with E-state index in [1.807, 2.05) is 6.92 Å². The second-order valence-corrected chi connectivity index (χ2v) is 7.54. The normalized spacial score (nSPS) is 34.0. The summed E-state index contributed by atoms with van der Waals surface area (Å²) in [5, 5.41) is 0. The number of ether oxygens (including phenoxy) is 3. The molecule has 0 radical (unpaired) electrons. The van der Waals surface area contributed by atoms with Crippen molar-refractivity contribution in [2.45, 2.75) is 96.2 Å². The van der Waals surface area contributed by atoms with Crippen molar-refractivity contribution in [1.29, 1.82) is 0 Å². The zero-order valence-electron chi connectivity index (χ0n) is 15.0. The molecule has 1 aliphatic carbocycles. The third-order valence-corrected chi connectivity index (χ3v) is 4.80. The molecule has 2 rings (SSSR count). The van der Waals surface area contributed by atoms with Gasteiger partial charge in [0.25, 0.3) is 0 Å². The molecular weight excluding hydrogens is 294 g/mol. The van der Waals surface area contributed by atoms with E-state index in [1.54, 1.807) is 0 Å². The van der Waals surface area contributed by atoms with Gasteiger partial charge in [0.2, 0.25) is 0 Å². The zero-order chi connectivity index (χ0) is 16.8. The van der Waals surface area contributed by atoms with E-state index in [0.29, 0.717) is 12.5 Å². The first-order valence-corrected chi connectivity index (χ1v) is 9.28. The maximum absolute atomic E-state index is 12.1. The van der Waals surface area contributed by atoms with Crippen LogP contribution in [0.4, 0.5) is 0 Å². The number of hydrogen-bond acceptors (Lipinski definition) is 4. The first-order chi connectivity index (χ1) is 11.0. The van der Waals surface area contributed by atoms with Gasteiger partial charge in [0, 0.05) is 13.0 Å². The van der Waals surface area contributed by atoms with Gasteiger partial charge in [0.1, 0.15) is 12.2 Å². The van der Waals surface area contributed by atoms with Crippen molar-refractivity contribution in [2.24, 2.45) is 5.92 Å². The number of cyclic esters (lactones) is 1. The fourth-order valence-electron chi connectivity index (χ4n) is 3.44. The third kappa shape index (κ3) is 5.73. The van der Waals surface area contributed by atoms with Gasteiger partial charge in [0.15, 0.2) is 6.04 Å². The zero-order valence-corrected chi connectivity index (χ0v) is 15.0. The molecule has 134 valence electrons. The molecule has 2 fully saturated rings. The average Bonchev–Trinajstić information content (AvgIpc) is 3.01. The Hall–Kier alpha value is -0.650. The summed E-state index contributed by atoms with van der Waals surface area (Å²) < 4.78 is 18.2. The van der Waals surface area contributed by atoms with E-state index >= 15 is 0 Å². The average molecular weight is 328 g/mol. The topological polar surface area (TPSA) is 72.4 Å². The molecule has 0 aromatic carbocycles. The molecule has 1 aliphatic heterocycles. The van der Waals surface area contributed by atoms with Crippen LogP contribution in [0.25, 0.3) is 0 Å². The van der Waals surface area contributed by atoms with E-state index in [1.165, 1.54) is 12.8 Å². The van der Waals surface area contributed by atoms with Crippen molar-refractivity contribution in [3.05, 3.63) is 0 Å². The third-order valence-electron chi connectivity index (χ3n) is 4.80. The Morgan fingerprint density at radius 2 is 1.87 bits per heavy atom. The van der Waals surface area contributed by atoms with Crippen LogP contribution in [0.1, 0.15) is 65.7 Å². The molecule has 0 aromatic heterocycles. The Bertz CT molecular complexity index is 368. The summed E-state index contributed by atoms with van der Waals surface area (Å²) >= 11 is 0. The molecule has 1 saturated heterocycles. The highest BCUT2D eigenvalue weighted by Gasteiger charge is 2.37. The predicted molar refractivity (Wildman–Crippen MR) is 87.8 cm³/mol. The Balaban J connectivity index is 2.08. The van der Waals surface area contributed by atoms with Crippen molar-refractivity contribution >= 4 is 5.97 Å². The van der Waals surface area contributed by atoms with E-state index in [4.69, 9.17) is 14.2 Å². The first kappa shape index (κ1) is 18.7. The standard InChI is InChI=1S/C18H33NO4/c1-12(2)11-21-16-10-6-9-15(19)18(20)22-13(3)17(16)23-14-7-4-5-8-14/h12-17H,4-11,19H2,1-3H3/p+1/t13-,15-,16-,17-/m0/s1. The van der Waals surface area contributed by atoms with Crippen LogP contribution in [-0.4, -0.2) is 43.0 Å². The Kier molecular flexibility index (Phi) is 7.31. The van der Waals surface area contributed by atoms with Gasteiger partial charge >= 0.3 is 5.97 Å². The molecular formula is C18H34NO4+. The second-order valence-electron chi connectivity index (χ2n) is 7.54. The summed E-state index contributed by atoms with van der Waals surface area (Å²) in [6, 6.07) is -0.284. The maximum atomic E-state index is 12.1. The van der Waals surface area contributed by atoms with Crippen LogP contribution in [0.2, 0.25) is 0 Å². The minimum absolute atomic E-state index is 0.00824. The molecule has 0 unspecified atom stereocenters. The van der Waals surface area contributed by atoms with Crippen LogP contribution in [0, 0.1) is 5.92 Å². The van der Waals surface area contributed by atoms with E-state index in [-0.39, 0.29) is 36.4 Å². The van der Waals surface area contributed by atoms with Crippen LogP contribution in [-0.2, 0) is 19.0 Å². The monoisotopic (exact) mass is 328 g/mol. The molecule has 0 spiro atoms. The lowest BCUT2D eigenvalue weighted by Gasteiger charge is -2.33. The van der Waals surface area contributed by atoms with Crippen molar-refractivity contribution in [1.82, 2.24) is 0 Å². The highest BCUT2D eigenvalue weighted by Crippen LogP contribution is 2.28. The smallest absolute Gasteiger partial charge is 0.365 e. The minimum atomic E-state index is -0.289. The van der Waals surface area contributed by atoms with Crippen molar-refractivity contribution in [2.75, 3.05) is 6.61 Å². The lowest BCUT2D eigenvalue weighted by Crippen LogP contribution is -2.65. The first-order valence-electron chi connectivity index (χ1n) is 9.28. The summed E-state index contributed by atoms with van der Waals surface area (Å²) in [4.78, 5) is 12.1. The van der Waals surface area contributed by atoms with Crippen molar-refractivity contribution < 1.29 is 24.7 Å². The van der Waals surface area contributed by atoms with Gasteiger partial charge in [-0.3, -0.25) is 0 Å². The second kappa shape index (κ2) is 9.00. The molecule has 3 N–H and O–H groups in total. The van der Waals surface area contributed by atoms with Gasteiger partial charge in [-0.2, -0.15) is 0 Å². The molecule has 23 heavy (non-hydrogen) atoms. The Morgan fingerprint density at radius 3 is 2.52 bits per heavy atom. The lowest BCUT2D eigenvalue weighted by atomic mass is 10.0. The molecule has 1 heterocycles. The summed E-state index contributed by atoms with van der Waals surface area (Å²) in [5.41, 5.74) is 3.93. The SMILES string of the molecule is CC(C)CO[C@H]1CCC[C@H]([NH3+])C(=O)O[C@@H](C)[C@@H]1OC1CCCC1. The predicted octanol–water partition coefficient (Wildman–Crippen LogP) is 2.08. The van der Waals surface area contributed by atoms with E-state index in [2.05, 4.69) is 19.6 Å². The number of esters is 1. The van der Waals surface area contributed by atoms with Gasteiger partial charge in [-0.1, -0.05) is 26.7 Å². The summed E-state index contributed by atoms with van der Waals surface area (Å²) in [6.45, 7) is 6.94. The molecule has 5 nitrogen and oxygen atoms in total. The molecule has 4 atom stereocenters. The summed E-state index contributed by atoms with van der Waals surface area (Å²) in [7, 11) is 0. The largest absolute Gasteiger partial charge is 0.455 e. The van der Waals surface area contributed by atoms with Gasteiger partial charge in [-0.05, 0) is 38.5 Å². The fraction of sp³-hybridized carbons (Fsp3) is 0.944. The number of carbonyl (C=O) groups is 1. The van der Waals surface area contributed by atoms with Crippen molar-refractivity contribution in [3.8, 4) is 0 Å². The highest BCUT2D eigenvalue weighted by molar-refractivity contribution is 5.74. The fourth-order valence-corrected chi connectivity index (χ4v) is 3.44. The van der Waals surface area contributed by atoms with Gasteiger partial charge in [0.05, 0.1) is 12.2 Å². The number of carbonyl (C=O) groups excluding carboxylic acids is 1. The van der Waals surface area contributed by atoms with Crippen LogP contribution in [0.3, 0.4) is 0 Å². The van der Waals surface area contributed by atoms with Gasteiger partial charge < -0.3 is 19.9 Å². The summed E-state index contributed by atoms with van der Waals surface area (Å²) in [5.74, 6) is 0.273. The highest BCUT2D eigenvalue weighted by atomic mass is 16.6. The molecule has 0 bridgehead atoms. The molecule has 2 aliphatic rings. The van der Waals surface area contributed by atoms with Crippen LogP contribution in [0.5, 0.6) is 0 Å².